The van der Waals surface area contributed by atoms with E-state index in [1.54, 1.807) is 7.11 Å². The average molecular weight is 270 g/mol. The van der Waals surface area contributed by atoms with Gasteiger partial charge in [0.05, 0.1) is 7.11 Å². The normalized spacial score (nSPS) is 12.8. The Morgan fingerprint density at radius 3 is 2.61 bits per heavy atom. The molecule has 0 aliphatic carbocycles. The molecule has 0 saturated carbocycles. The van der Waals surface area contributed by atoms with E-state index >= 15 is 0 Å². The standard InChI is InChI=1S/C15H24ClNO/c1-5-6-7-14(17-11(2)3)13-10-12(16)8-9-15(13)18-4/h8-11,14,17H,5-7H2,1-4H3. The minimum absolute atomic E-state index is 0.304. The van der Waals surface area contributed by atoms with E-state index in [1.165, 1.54) is 12.8 Å². The summed E-state index contributed by atoms with van der Waals surface area (Å²) in [5.74, 6) is 0.911. The molecule has 0 aliphatic heterocycles. The predicted octanol–water partition coefficient (Wildman–Crippen LogP) is 4.58. The molecule has 0 heterocycles. The molecule has 0 aliphatic rings. The van der Waals surface area contributed by atoms with Gasteiger partial charge in [-0.05, 0) is 24.6 Å². The lowest BCUT2D eigenvalue weighted by Gasteiger charge is -2.23. The lowest BCUT2D eigenvalue weighted by atomic mass is 9.99. The Bertz CT molecular complexity index is 366. The molecular formula is C15H24ClNO. The summed E-state index contributed by atoms with van der Waals surface area (Å²) in [6.45, 7) is 6.54. The fourth-order valence-corrected chi connectivity index (χ4v) is 2.30. The second-order valence-electron chi connectivity index (χ2n) is 4.90. The van der Waals surface area contributed by atoms with Crippen LogP contribution in [0.3, 0.4) is 0 Å². The predicted molar refractivity (Wildman–Crippen MR) is 78.5 cm³/mol. The molecule has 1 atom stereocenters. The lowest BCUT2D eigenvalue weighted by Crippen LogP contribution is -2.28. The molecule has 3 heteroatoms. The zero-order chi connectivity index (χ0) is 13.5. The van der Waals surface area contributed by atoms with Gasteiger partial charge >= 0.3 is 0 Å². The highest BCUT2D eigenvalue weighted by molar-refractivity contribution is 6.30. The first-order chi connectivity index (χ1) is 8.58. The molecule has 1 N–H and O–H groups in total. The minimum Gasteiger partial charge on any atom is -0.496 e. The Morgan fingerprint density at radius 2 is 2.06 bits per heavy atom. The van der Waals surface area contributed by atoms with Crippen LogP contribution in [-0.4, -0.2) is 13.2 Å². The van der Waals surface area contributed by atoms with Crippen LogP contribution >= 0.6 is 11.6 Å². The van der Waals surface area contributed by atoms with Gasteiger partial charge in [-0.25, -0.2) is 0 Å². The summed E-state index contributed by atoms with van der Waals surface area (Å²) < 4.78 is 5.44. The van der Waals surface area contributed by atoms with E-state index in [0.29, 0.717) is 12.1 Å². The molecule has 1 rings (SSSR count). The number of hydrogen-bond acceptors (Lipinski definition) is 2. The van der Waals surface area contributed by atoms with Crippen LogP contribution in [0.1, 0.15) is 51.6 Å². The van der Waals surface area contributed by atoms with Crippen molar-refractivity contribution in [2.45, 2.75) is 52.1 Å². The topological polar surface area (TPSA) is 21.3 Å². The number of hydrogen-bond donors (Lipinski definition) is 1. The first-order valence-corrected chi connectivity index (χ1v) is 7.05. The van der Waals surface area contributed by atoms with Crippen molar-refractivity contribution in [2.75, 3.05) is 7.11 Å². The maximum Gasteiger partial charge on any atom is 0.123 e. The Hall–Kier alpha value is -0.730. The lowest BCUT2D eigenvalue weighted by molar-refractivity contribution is 0.384. The van der Waals surface area contributed by atoms with Crippen LogP contribution in [0.25, 0.3) is 0 Å². The summed E-state index contributed by atoms with van der Waals surface area (Å²) >= 11 is 6.11. The molecule has 0 amide bonds. The molecule has 1 aromatic rings. The molecule has 1 unspecified atom stereocenters. The van der Waals surface area contributed by atoms with Crippen molar-refractivity contribution < 1.29 is 4.74 Å². The molecule has 0 radical (unpaired) electrons. The van der Waals surface area contributed by atoms with E-state index in [2.05, 4.69) is 26.1 Å². The van der Waals surface area contributed by atoms with E-state index < -0.39 is 0 Å². The fraction of sp³-hybridized carbons (Fsp3) is 0.600. The van der Waals surface area contributed by atoms with Crippen LogP contribution in [0.15, 0.2) is 18.2 Å². The fourth-order valence-electron chi connectivity index (χ4n) is 2.12. The Balaban J connectivity index is 2.98. The third-order valence-electron chi connectivity index (χ3n) is 2.95. The van der Waals surface area contributed by atoms with Gasteiger partial charge in [0.25, 0.3) is 0 Å². The van der Waals surface area contributed by atoms with Crippen molar-refractivity contribution in [3.8, 4) is 5.75 Å². The third kappa shape index (κ3) is 4.51. The molecule has 0 fully saturated rings. The van der Waals surface area contributed by atoms with Crippen molar-refractivity contribution in [3.63, 3.8) is 0 Å². The number of ether oxygens (including phenoxy) is 1. The summed E-state index contributed by atoms with van der Waals surface area (Å²) in [5.41, 5.74) is 1.16. The Morgan fingerprint density at radius 1 is 1.33 bits per heavy atom. The molecule has 2 nitrogen and oxygen atoms in total. The summed E-state index contributed by atoms with van der Waals surface area (Å²) in [6, 6.07) is 6.57. The maximum atomic E-state index is 6.11. The zero-order valence-electron chi connectivity index (χ0n) is 11.8. The quantitative estimate of drug-likeness (QED) is 0.782. The van der Waals surface area contributed by atoms with Gasteiger partial charge in [-0.2, -0.15) is 0 Å². The van der Waals surface area contributed by atoms with Gasteiger partial charge in [0.2, 0.25) is 0 Å². The van der Waals surface area contributed by atoms with Crippen molar-refractivity contribution in [2.24, 2.45) is 0 Å². The van der Waals surface area contributed by atoms with Crippen LogP contribution in [0.4, 0.5) is 0 Å². The monoisotopic (exact) mass is 269 g/mol. The van der Waals surface area contributed by atoms with E-state index in [9.17, 15) is 0 Å². The van der Waals surface area contributed by atoms with E-state index in [-0.39, 0.29) is 0 Å². The van der Waals surface area contributed by atoms with Crippen LogP contribution in [0.2, 0.25) is 5.02 Å². The molecule has 0 saturated heterocycles. The van der Waals surface area contributed by atoms with Gasteiger partial charge in [-0.3, -0.25) is 0 Å². The van der Waals surface area contributed by atoms with E-state index in [4.69, 9.17) is 16.3 Å². The molecule has 0 spiro atoms. The highest BCUT2D eigenvalue weighted by atomic mass is 35.5. The average Bonchev–Trinajstić information content (AvgIpc) is 2.34. The molecule has 18 heavy (non-hydrogen) atoms. The van der Waals surface area contributed by atoms with Gasteiger partial charge in [0.15, 0.2) is 0 Å². The van der Waals surface area contributed by atoms with Crippen LogP contribution < -0.4 is 10.1 Å². The third-order valence-corrected chi connectivity index (χ3v) is 3.18. The maximum absolute atomic E-state index is 6.11. The minimum atomic E-state index is 0.304. The van der Waals surface area contributed by atoms with Crippen molar-refractivity contribution >= 4 is 11.6 Å². The molecule has 0 bridgehead atoms. The van der Waals surface area contributed by atoms with Crippen molar-refractivity contribution in [3.05, 3.63) is 28.8 Å². The van der Waals surface area contributed by atoms with Gasteiger partial charge in [-0.1, -0.05) is 45.2 Å². The van der Waals surface area contributed by atoms with Gasteiger partial charge < -0.3 is 10.1 Å². The van der Waals surface area contributed by atoms with Gasteiger partial charge in [0, 0.05) is 22.7 Å². The van der Waals surface area contributed by atoms with E-state index in [0.717, 1.165) is 22.8 Å². The summed E-state index contributed by atoms with van der Waals surface area (Å²) in [6.07, 6.45) is 3.49. The second-order valence-corrected chi connectivity index (χ2v) is 5.34. The second kappa shape index (κ2) is 7.65. The van der Waals surface area contributed by atoms with Crippen LogP contribution in [-0.2, 0) is 0 Å². The smallest absolute Gasteiger partial charge is 0.123 e. The number of methoxy groups -OCH3 is 1. The molecule has 102 valence electrons. The first kappa shape index (κ1) is 15.3. The molecule has 1 aromatic carbocycles. The number of benzene rings is 1. The SMILES string of the molecule is CCCCC(NC(C)C)c1cc(Cl)ccc1OC. The zero-order valence-corrected chi connectivity index (χ0v) is 12.6. The first-order valence-electron chi connectivity index (χ1n) is 6.68. The Labute approximate surface area is 116 Å². The number of unbranched alkanes of at least 4 members (excludes halogenated alkanes) is 1. The number of rotatable bonds is 7. The highest BCUT2D eigenvalue weighted by Gasteiger charge is 2.16. The van der Waals surface area contributed by atoms with Crippen LogP contribution in [0.5, 0.6) is 5.75 Å². The van der Waals surface area contributed by atoms with Gasteiger partial charge in [0.1, 0.15) is 5.75 Å². The van der Waals surface area contributed by atoms with Gasteiger partial charge in [-0.15, -0.1) is 0 Å². The van der Waals surface area contributed by atoms with Crippen molar-refractivity contribution in [1.82, 2.24) is 5.32 Å². The Kier molecular flexibility index (Phi) is 6.51. The molecule has 0 aromatic heterocycles. The summed E-state index contributed by atoms with van der Waals surface area (Å²) in [5, 5.41) is 4.36. The molecular weight excluding hydrogens is 246 g/mol. The number of halogens is 1. The summed E-state index contributed by atoms with van der Waals surface area (Å²) in [7, 11) is 1.71. The highest BCUT2D eigenvalue weighted by Crippen LogP contribution is 2.31. The van der Waals surface area contributed by atoms with Crippen LogP contribution in [0, 0.1) is 0 Å². The summed E-state index contributed by atoms with van der Waals surface area (Å²) in [4.78, 5) is 0. The largest absolute Gasteiger partial charge is 0.496 e. The van der Waals surface area contributed by atoms with E-state index in [1.807, 2.05) is 18.2 Å². The number of nitrogens with one attached hydrogen (secondary N) is 1. The van der Waals surface area contributed by atoms with Crippen molar-refractivity contribution in [1.29, 1.82) is 0 Å².